The molecule has 0 radical (unpaired) electrons. The van der Waals surface area contributed by atoms with Crippen LogP contribution >= 0.6 is 0 Å². The highest BCUT2D eigenvalue weighted by molar-refractivity contribution is 7.89. The molecule has 2 amide bonds. The van der Waals surface area contributed by atoms with Crippen LogP contribution in [0.2, 0.25) is 0 Å². The van der Waals surface area contributed by atoms with Crippen molar-refractivity contribution in [2.24, 2.45) is 0 Å². The summed E-state index contributed by atoms with van der Waals surface area (Å²) in [6.45, 7) is 4.86. The Morgan fingerprint density at radius 1 is 1.00 bits per heavy atom. The number of benzene rings is 2. The standard InChI is InChI=1S/C25H33N3O4S/c1-19-8-10-23(20(2)18-19)33(31,32)26-15-12-25(30)28-16-13-22(14-17-28)27-24(29)11-9-21-6-4-3-5-7-21/h3-8,10,18,22,26H,9,11-17H2,1-2H3,(H,27,29). The molecule has 33 heavy (non-hydrogen) atoms. The highest BCUT2D eigenvalue weighted by Crippen LogP contribution is 2.16. The second kappa shape index (κ2) is 11.4. The zero-order valence-electron chi connectivity index (χ0n) is 19.3. The number of hydrogen-bond donors (Lipinski definition) is 2. The van der Waals surface area contributed by atoms with Gasteiger partial charge < -0.3 is 10.2 Å². The third kappa shape index (κ3) is 7.40. The first-order valence-corrected chi connectivity index (χ1v) is 12.9. The van der Waals surface area contributed by atoms with E-state index in [1.807, 2.05) is 43.3 Å². The Morgan fingerprint density at radius 2 is 1.70 bits per heavy atom. The van der Waals surface area contributed by atoms with Crippen molar-refractivity contribution in [3.8, 4) is 0 Å². The maximum Gasteiger partial charge on any atom is 0.240 e. The Morgan fingerprint density at radius 3 is 2.36 bits per heavy atom. The van der Waals surface area contributed by atoms with Gasteiger partial charge in [-0.25, -0.2) is 13.1 Å². The summed E-state index contributed by atoms with van der Waals surface area (Å²) < 4.78 is 27.6. The number of aryl methyl sites for hydroxylation is 3. The second-order valence-electron chi connectivity index (χ2n) is 8.62. The van der Waals surface area contributed by atoms with E-state index in [1.165, 1.54) is 0 Å². The van der Waals surface area contributed by atoms with Crippen molar-refractivity contribution >= 4 is 21.8 Å². The summed E-state index contributed by atoms with van der Waals surface area (Å²) in [7, 11) is -3.65. The van der Waals surface area contributed by atoms with Crippen molar-refractivity contribution in [2.75, 3.05) is 19.6 Å². The van der Waals surface area contributed by atoms with Crippen LogP contribution in [-0.2, 0) is 26.0 Å². The number of sulfonamides is 1. The van der Waals surface area contributed by atoms with Crippen LogP contribution in [0.5, 0.6) is 0 Å². The van der Waals surface area contributed by atoms with Gasteiger partial charge in [-0.1, -0.05) is 48.0 Å². The van der Waals surface area contributed by atoms with Crippen LogP contribution < -0.4 is 10.0 Å². The molecule has 1 aliphatic rings. The van der Waals surface area contributed by atoms with Crippen LogP contribution in [-0.4, -0.2) is 50.8 Å². The fraction of sp³-hybridized carbons (Fsp3) is 0.440. The van der Waals surface area contributed by atoms with E-state index in [-0.39, 0.29) is 35.7 Å². The predicted molar refractivity (Wildman–Crippen MR) is 128 cm³/mol. The Bertz CT molecular complexity index is 1060. The molecular weight excluding hydrogens is 438 g/mol. The Labute approximate surface area is 196 Å². The van der Waals surface area contributed by atoms with Gasteiger partial charge in [-0.15, -0.1) is 0 Å². The van der Waals surface area contributed by atoms with Gasteiger partial charge in [-0.3, -0.25) is 9.59 Å². The van der Waals surface area contributed by atoms with Crippen LogP contribution in [0, 0.1) is 13.8 Å². The number of nitrogens with zero attached hydrogens (tertiary/aromatic N) is 1. The molecule has 178 valence electrons. The molecule has 0 aromatic heterocycles. The number of carbonyl (C=O) groups is 2. The summed E-state index contributed by atoms with van der Waals surface area (Å²) in [5.74, 6) is -0.0448. The number of carbonyl (C=O) groups excluding carboxylic acids is 2. The zero-order chi connectivity index (χ0) is 23.8. The smallest absolute Gasteiger partial charge is 0.240 e. The lowest BCUT2D eigenvalue weighted by molar-refractivity contribution is -0.132. The van der Waals surface area contributed by atoms with Crippen LogP contribution in [0.4, 0.5) is 0 Å². The van der Waals surface area contributed by atoms with Crippen LogP contribution in [0.25, 0.3) is 0 Å². The third-order valence-electron chi connectivity index (χ3n) is 5.95. The molecule has 1 aliphatic heterocycles. The predicted octanol–water partition coefficient (Wildman–Crippen LogP) is 2.71. The first-order chi connectivity index (χ1) is 15.7. The topological polar surface area (TPSA) is 95.6 Å². The molecule has 7 nitrogen and oxygen atoms in total. The molecule has 8 heteroatoms. The zero-order valence-corrected chi connectivity index (χ0v) is 20.2. The molecule has 0 bridgehead atoms. The normalized spacial score (nSPS) is 14.8. The minimum absolute atomic E-state index is 0.0319. The van der Waals surface area contributed by atoms with Gasteiger partial charge in [-0.2, -0.15) is 0 Å². The summed E-state index contributed by atoms with van der Waals surface area (Å²) in [6.07, 6.45) is 2.68. The number of hydrogen-bond acceptors (Lipinski definition) is 4. The molecule has 1 saturated heterocycles. The van der Waals surface area contributed by atoms with Gasteiger partial charge in [0.1, 0.15) is 0 Å². The van der Waals surface area contributed by atoms with E-state index in [2.05, 4.69) is 10.0 Å². The van der Waals surface area contributed by atoms with Crippen LogP contribution in [0.1, 0.15) is 42.4 Å². The highest BCUT2D eigenvalue weighted by atomic mass is 32.2. The average Bonchev–Trinajstić information content (AvgIpc) is 2.78. The SMILES string of the molecule is Cc1ccc(S(=O)(=O)NCCC(=O)N2CCC(NC(=O)CCc3ccccc3)CC2)c(C)c1. The van der Waals surface area contributed by atoms with E-state index >= 15 is 0 Å². The first kappa shape index (κ1) is 24.9. The van der Waals surface area contributed by atoms with Crippen molar-refractivity contribution in [3.63, 3.8) is 0 Å². The largest absolute Gasteiger partial charge is 0.353 e. The van der Waals surface area contributed by atoms with Crippen molar-refractivity contribution in [1.82, 2.24) is 14.9 Å². The van der Waals surface area contributed by atoms with Gasteiger partial charge in [-0.05, 0) is 50.3 Å². The molecule has 0 spiro atoms. The number of likely N-dealkylation sites (tertiary alicyclic amines) is 1. The van der Waals surface area contributed by atoms with Gasteiger partial charge in [0.05, 0.1) is 4.90 Å². The molecule has 0 aliphatic carbocycles. The molecule has 2 aromatic carbocycles. The molecular formula is C25H33N3O4S. The monoisotopic (exact) mass is 471 g/mol. The number of nitrogens with one attached hydrogen (secondary N) is 2. The molecule has 0 unspecified atom stereocenters. The fourth-order valence-electron chi connectivity index (χ4n) is 4.10. The minimum Gasteiger partial charge on any atom is -0.353 e. The molecule has 1 fully saturated rings. The van der Waals surface area contributed by atoms with Gasteiger partial charge in [0, 0.05) is 38.5 Å². The fourth-order valence-corrected chi connectivity index (χ4v) is 5.36. The maximum absolute atomic E-state index is 12.5. The number of piperidine rings is 1. The minimum atomic E-state index is -3.65. The number of rotatable bonds is 9. The lowest BCUT2D eigenvalue weighted by Gasteiger charge is -2.32. The summed E-state index contributed by atoms with van der Waals surface area (Å²) in [6, 6.07) is 15.2. The molecule has 2 N–H and O–H groups in total. The first-order valence-electron chi connectivity index (χ1n) is 11.4. The van der Waals surface area contributed by atoms with Crippen molar-refractivity contribution in [3.05, 3.63) is 65.2 Å². The van der Waals surface area contributed by atoms with Gasteiger partial charge in [0.15, 0.2) is 0 Å². The quantitative estimate of drug-likeness (QED) is 0.588. The van der Waals surface area contributed by atoms with Crippen LogP contribution in [0.15, 0.2) is 53.4 Å². The van der Waals surface area contributed by atoms with E-state index in [9.17, 15) is 18.0 Å². The van der Waals surface area contributed by atoms with Crippen LogP contribution in [0.3, 0.4) is 0 Å². The highest BCUT2D eigenvalue weighted by Gasteiger charge is 2.24. The van der Waals surface area contributed by atoms with Gasteiger partial charge >= 0.3 is 0 Å². The van der Waals surface area contributed by atoms with E-state index in [0.29, 0.717) is 44.3 Å². The Balaban J connectivity index is 1.37. The average molecular weight is 472 g/mol. The maximum atomic E-state index is 12.5. The van der Waals surface area contributed by atoms with Gasteiger partial charge in [0.25, 0.3) is 0 Å². The van der Waals surface area contributed by atoms with E-state index in [0.717, 1.165) is 11.1 Å². The van der Waals surface area contributed by atoms with E-state index in [4.69, 9.17) is 0 Å². The lowest BCUT2D eigenvalue weighted by Crippen LogP contribution is -2.47. The molecule has 2 aromatic rings. The number of amides is 2. The Kier molecular flexibility index (Phi) is 8.63. The summed E-state index contributed by atoms with van der Waals surface area (Å²) in [5, 5.41) is 3.07. The van der Waals surface area contributed by atoms with E-state index in [1.54, 1.807) is 24.0 Å². The summed E-state index contributed by atoms with van der Waals surface area (Å²) >= 11 is 0. The molecule has 3 rings (SSSR count). The van der Waals surface area contributed by atoms with Gasteiger partial charge in [0.2, 0.25) is 21.8 Å². The molecule has 1 heterocycles. The van der Waals surface area contributed by atoms with E-state index < -0.39 is 10.0 Å². The third-order valence-corrected chi connectivity index (χ3v) is 7.57. The Hall–Kier alpha value is -2.71. The van der Waals surface area contributed by atoms with Crippen molar-refractivity contribution < 1.29 is 18.0 Å². The molecule has 0 atom stereocenters. The van der Waals surface area contributed by atoms with Crippen molar-refractivity contribution in [1.29, 1.82) is 0 Å². The second-order valence-corrected chi connectivity index (χ2v) is 10.4. The summed E-state index contributed by atoms with van der Waals surface area (Å²) in [4.78, 5) is 26.8. The lowest BCUT2D eigenvalue weighted by atomic mass is 10.0. The molecule has 0 saturated carbocycles. The van der Waals surface area contributed by atoms with Crippen molar-refractivity contribution in [2.45, 2.75) is 56.9 Å². The summed E-state index contributed by atoms with van der Waals surface area (Å²) in [5.41, 5.74) is 2.82.